The van der Waals surface area contributed by atoms with E-state index in [9.17, 15) is 49.1 Å². The Morgan fingerprint density at radius 2 is 1.22 bits per heavy atom. The SMILES string of the molecule is O=C1C2C3C=CC(C3)C2C(=O)N1c1ccc(Oc2cc(C(F)(F)F)cc(C(F)(F)F)c2)c(C(F)(F)F)c1. The van der Waals surface area contributed by atoms with Gasteiger partial charge in [-0.05, 0) is 54.7 Å². The van der Waals surface area contributed by atoms with Crippen LogP contribution in [0.3, 0.4) is 0 Å². The lowest BCUT2D eigenvalue weighted by Gasteiger charge is -2.21. The second-order valence-electron chi connectivity index (χ2n) is 9.03. The maximum atomic E-state index is 13.9. The molecule has 13 heteroatoms. The number of rotatable bonds is 3. The van der Waals surface area contributed by atoms with Gasteiger partial charge in [-0.3, -0.25) is 9.59 Å². The van der Waals surface area contributed by atoms with Gasteiger partial charge in [0.1, 0.15) is 17.1 Å². The highest BCUT2D eigenvalue weighted by atomic mass is 19.4. The molecule has 2 aromatic carbocycles. The number of hydrogen-bond acceptors (Lipinski definition) is 3. The van der Waals surface area contributed by atoms with Crippen molar-refractivity contribution in [1.82, 2.24) is 0 Å². The zero-order valence-electron chi connectivity index (χ0n) is 18.2. The molecule has 2 aromatic rings. The molecule has 1 heterocycles. The van der Waals surface area contributed by atoms with Gasteiger partial charge in [-0.25, -0.2) is 4.90 Å². The monoisotopic (exact) mass is 535 g/mol. The fraction of sp³-hybridized carbons (Fsp3) is 0.333. The molecule has 0 N–H and O–H groups in total. The first-order chi connectivity index (χ1) is 17.1. The second-order valence-corrected chi connectivity index (χ2v) is 9.03. The molecular weight excluding hydrogens is 521 g/mol. The smallest absolute Gasteiger partial charge is 0.420 e. The summed E-state index contributed by atoms with van der Waals surface area (Å²) in [6.07, 6.45) is -11.5. The third kappa shape index (κ3) is 4.23. The second kappa shape index (κ2) is 7.99. The molecule has 1 saturated carbocycles. The predicted octanol–water partition coefficient (Wildman–Crippen LogP) is 6.85. The van der Waals surface area contributed by atoms with E-state index in [0.29, 0.717) is 23.5 Å². The first kappa shape index (κ1) is 25.2. The minimum Gasteiger partial charge on any atom is -0.457 e. The number of fused-ring (bicyclic) bond motifs is 5. The third-order valence-electron chi connectivity index (χ3n) is 6.79. The Kier molecular flexibility index (Phi) is 5.43. The van der Waals surface area contributed by atoms with E-state index in [1.165, 1.54) is 0 Å². The van der Waals surface area contributed by atoms with Gasteiger partial charge >= 0.3 is 18.5 Å². The van der Waals surface area contributed by atoms with Crippen molar-refractivity contribution in [3.05, 3.63) is 65.2 Å². The Hall–Kier alpha value is -3.51. The molecule has 3 aliphatic rings. The van der Waals surface area contributed by atoms with Gasteiger partial charge in [0.15, 0.2) is 0 Å². The van der Waals surface area contributed by atoms with Crippen LogP contribution in [0.2, 0.25) is 0 Å². The molecule has 0 radical (unpaired) electrons. The zero-order chi connectivity index (χ0) is 27.1. The molecule has 37 heavy (non-hydrogen) atoms. The number of anilines is 1. The van der Waals surface area contributed by atoms with Gasteiger partial charge < -0.3 is 4.74 Å². The van der Waals surface area contributed by atoms with E-state index in [2.05, 4.69) is 0 Å². The summed E-state index contributed by atoms with van der Waals surface area (Å²) in [6.45, 7) is 0. The van der Waals surface area contributed by atoms with Crippen molar-refractivity contribution >= 4 is 17.5 Å². The number of ether oxygens (including phenoxy) is 1. The molecule has 0 spiro atoms. The molecule has 2 amide bonds. The largest absolute Gasteiger partial charge is 0.457 e. The van der Waals surface area contributed by atoms with Gasteiger partial charge in [0, 0.05) is 0 Å². The molecule has 2 fully saturated rings. The number of amides is 2. The van der Waals surface area contributed by atoms with E-state index < -0.39 is 76.1 Å². The molecule has 2 bridgehead atoms. The Morgan fingerprint density at radius 1 is 0.703 bits per heavy atom. The van der Waals surface area contributed by atoms with Crippen molar-refractivity contribution in [1.29, 1.82) is 0 Å². The summed E-state index contributed by atoms with van der Waals surface area (Å²) in [6, 6.07) is 2.08. The van der Waals surface area contributed by atoms with E-state index in [0.717, 1.165) is 6.07 Å². The number of carbonyl (C=O) groups is 2. The van der Waals surface area contributed by atoms with Crippen LogP contribution >= 0.6 is 0 Å². The summed E-state index contributed by atoms with van der Waals surface area (Å²) in [4.78, 5) is 26.5. The van der Waals surface area contributed by atoms with E-state index in [-0.39, 0.29) is 30.0 Å². The summed E-state index contributed by atoms with van der Waals surface area (Å²) in [5.41, 5.74) is -5.56. The van der Waals surface area contributed by atoms with Gasteiger partial charge in [-0.2, -0.15) is 39.5 Å². The molecule has 2 aliphatic carbocycles. The van der Waals surface area contributed by atoms with Crippen LogP contribution < -0.4 is 9.64 Å². The summed E-state index contributed by atoms with van der Waals surface area (Å²) >= 11 is 0. The minimum atomic E-state index is -5.24. The van der Waals surface area contributed by atoms with Crippen molar-refractivity contribution < 1.29 is 53.8 Å². The molecule has 4 nitrogen and oxygen atoms in total. The number of allylic oxidation sites excluding steroid dienone is 2. The van der Waals surface area contributed by atoms with Crippen molar-refractivity contribution in [2.45, 2.75) is 24.9 Å². The Bertz CT molecular complexity index is 1260. The molecule has 1 saturated heterocycles. The topological polar surface area (TPSA) is 46.6 Å². The zero-order valence-corrected chi connectivity index (χ0v) is 18.2. The van der Waals surface area contributed by atoms with E-state index >= 15 is 0 Å². The average Bonchev–Trinajstić information content (AvgIpc) is 3.46. The summed E-state index contributed by atoms with van der Waals surface area (Å²) in [5, 5.41) is 0. The molecule has 0 aromatic heterocycles. The van der Waals surface area contributed by atoms with Gasteiger partial charge in [0.2, 0.25) is 11.8 Å². The average molecular weight is 535 g/mol. The number of hydrogen-bond donors (Lipinski definition) is 0. The number of nitrogens with zero attached hydrogens (tertiary/aromatic N) is 1. The van der Waals surface area contributed by atoms with Crippen LogP contribution in [-0.4, -0.2) is 11.8 Å². The lowest BCUT2D eigenvalue weighted by molar-refractivity contribution is -0.143. The first-order valence-corrected chi connectivity index (χ1v) is 10.8. The van der Waals surface area contributed by atoms with Crippen molar-refractivity contribution in [2.24, 2.45) is 23.7 Å². The Balaban J connectivity index is 1.53. The van der Waals surface area contributed by atoms with Crippen LogP contribution in [0.25, 0.3) is 0 Å². The molecule has 1 aliphatic heterocycles. The quantitative estimate of drug-likeness (QED) is 0.246. The lowest BCUT2D eigenvalue weighted by atomic mass is 9.85. The van der Waals surface area contributed by atoms with E-state index in [1.807, 2.05) is 0 Å². The summed E-state index contributed by atoms with van der Waals surface area (Å²) < 4.78 is 125. The summed E-state index contributed by atoms with van der Waals surface area (Å²) in [7, 11) is 0. The normalized spacial score (nSPS) is 25.3. The van der Waals surface area contributed by atoms with E-state index in [4.69, 9.17) is 4.74 Å². The predicted molar refractivity (Wildman–Crippen MR) is 108 cm³/mol. The Morgan fingerprint density at radius 3 is 1.68 bits per heavy atom. The van der Waals surface area contributed by atoms with Crippen LogP contribution in [0.1, 0.15) is 23.1 Å². The van der Waals surface area contributed by atoms with Gasteiger partial charge in [-0.1, -0.05) is 12.2 Å². The van der Waals surface area contributed by atoms with Gasteiger partial charge in [0.05, 0.1) is 28.7 Å². The number of carbonyl (C=O) groups excluding carboxylic acids is 2. The number of benzene rings is 2. The fourth-order valence-corrected chi connectivity index (χ4v) is 5.24. The van der Waals surface area contributed by atoms with Crippen LogP contribution in [0.15, 0.2) is 48.6 Å². The fourth-order valence-electron chi connectivity index (χ4n) is 5.24. The maximum absolute atomic E-state index is 13.9. The first-order valence-electron chi connectivity index (χ1n) is 10.8. The molecule has 5 rings (SSSR count). The van der Waals surface area contributed by atoms with Crippen LogP contribution in [-0.2, 0) is 28.1 Å². The van der Waals surface area contributed by atoms with Crippen molar-refractivity contribution in [3.63, 3.8) is 0 Å². The van der Waals surface area contributed by atoms with E-state index in [1.54, 1.807) is 12.2 Å². The highest BCUT2D eigenvalue weighted by Gasteiger charge is 2.59. The lowest BCUT2D eigenvalue weighted by Crippen LogP contribution is -2.33. The molecule has 4 atom stereocenters. The van der Waals surface area contributed by atoms with Crippen molar-refractivity contribution in [2.75, 3.05) is 4.90 Å². The van der Waals surface area contributed by atoms with Gasteiger partial charge in [-0.15, -0.1) is 0 Å². The van der Waals surface area contributed by atoms with Crippen molar-refractivity contribution in [3.8, 4) is 11.5 Å². The summed E-state index contributed by atoms with van der Waals surface area (Å²) in [5.74, 6) is -5.37. The Labute approximate surface area is 202 Å². The highest BCUT2D eigenvalue weighted by molar-refractivity contribution is 6.22. The third-order valence-corrected chi connectivity index (χ3v) is 6.79. The minimum absolute atomic E-state index is 0.140. The molecule has 196 valence electrons. The van der Waals surface area contributed by atoms with Gasteiger partial charge in [0.25, 0.3) is 0 Å². The number of halogens is 9. The maximum Gasteiger partial charge on any atom is 0.420 e. The van der Waals surface area contributed by atoms with Crippen LogP contribution in [0.4, 0.5) is 45.2 Å². The molecule has 4 unspecified atom stereocenters. The van der Waals surface area contributed by atoms with Crippen LogP contribution in [0.5, 0.6) is 11.5 Å². The standard InChI is InChI=1S/C24H14F9NO3/c25-22(26,27)12-6-13(23(28,29)30)8-15(7-12)37-17-4-3-14(9-16(17)24(31,32)33)34-20(35)18-10-1-2-11(5-10)19(18)21(34)36/h1-4,6-11,18-19H,5H2. The molecular formula is C24H14F9NO3. The van der Waals surface area contributed by atoms with Crippen LogP contribution in [0, 0.1) is 23.7 Å². The highest BCUT2D eigenvalue weighted by Crippen LogP contribution is 2.54. The number of imide groups is 1. The number of alkyl halides is 9.